The third kappa shape index (κ3) is 4.37. The smallest absolute Gasteiger partial charge is 0.340 e. The Kier molecular flexibility index (Phi) is 5.99. The van der Waals surface area contributed by atoms with Crippen LogP contribution >= 0.6 is 11.3 Å². The number of ether oxygens (including phenoxy) is 1. The van der Waals surface area contributed by atoms with Crippen LogP contribution in [-0.2, 0) is 4.74 Å². The third-order valence-electron chi connectivity index (χ3n) is 2.99. The van der Waals surface area contributed by atoms with Crippen LogP contribution in [0.3, 0.4) is 0 Å². The van der Waals surface area contributed by atoms with Crippen molar-refractivity contribution in [2.24, 2.45) is 0 Å². The lowest BCUT2D eigenvalue weighted by atomic mass is 10.1. The van der Waals surface area contributed by atoms with Crippen LogP contribution in [0.1, 0.15) is 20.0 Å². The third-order valence-corrected chi connectivity index (χ3v) is 3.90. The average molecular weight is 350 g/mol. The molecule has 0 atom stereocenters. The fourth-order valence-electron chi connectivity index (χ4n) is 1.88. The number of rotatable bonds is 8. The summed E-state index contributed by atoms with van der Waals surface area (Å²) in [6, 6.07) is 6.97. The Morgan fingerprint density at radius 1 is 1.33 bits per heavy atom. The highest BCUT2D eigenvalue weighted by molar-refractivity contribution is 7.12. The number of thiophene rings is 1. The number of anilines is 1. The lowest BCUT2D eigenvalue weighted by Crippen LogP contribution is -2.16. The van der Waals surface area contributed by atoms with E-state index in [9.17, 15) is 19.7 Å². The minimum absolute atomic E-state index is 0.0726. The summed E-state index contributed by atoms with van der Waals surface area (Å²) in [6.07, 6.45) is 0. The molecule has 1 aromatic heterocycles. The number of non-ortho nitro benzene ring substituents is 1. The standard InChI is InChI=1S/C15H14N2O6S/c18-6-5-16-12-4-3-10(17(21)22)8-11(12)15(20)23-9-13(19)14-2-1-7-24-14/h1-4,7-8,16,18H,5-6,9H2. The molecule has 0 unspecified atom stereocenters. The highest BCUT2D eigenvalue weighted by Gasteiger charge is 2.19. The predicted octanol–water partition coefficient (Wildman–Crippen LogP) is 2.10. The number of carbonyl (C=O) groups is 2. The molecule has 0 radical (unpaired) electrons. The Hall–Kier alpha value is -2.78. The molecule has 0 aliphatic rings. The quantitative estimate of drug-likeness (QED) is 0.324. The van der Waals surface area contributed by atoms with Gasteiger partial charge in [0.1, 0.15) is 0 Å². The SMILES string of the molecule is O=C(COC(=O)c1cc([N+](=O)[O-])ccc1NCCO)c1cccs1. The number of nitrogens with one attached hydrogen (secondary N) is 1. The summed E-state index contributed by atoms with van der Waals surface area (Å²) < 4.78 is 4.96. The van der Waals surface area contributed by atoms with Crippen molar-refractivity contribution < 1.29 is 24.4 Å². The van der Waals surface area contributed by atoms with Crippen LogP contribution in [0.2, 0.25) is 0 Å². The molecular formula is C15H14N2O6S. The molecule has 0 saturated carbocycles. The molecule has 2 rings (SSSR count). The Morgan fingerprint density at radius 2 is 2.12 bits per heavy atom. The summed E-state index contributed by atoms with van der Waals surface area (Å²) in [7, 11) is 0. The number of nitrogens with zero attached hydrogens (tertiary/aromatic N) is 1. The van der Waals surface area contributed by atoms with Crippen LogP contribution < -0.4 is 5.32 Å². The molecule has 0 saturated heterocycles. The Balaban J connectivity index is 2.14. The first-order chi connectivity index (χ1) is 11.5. The normalized spacial score (nSPS) is 10.2. The first kappa shape index (κ1) is 17.6. The molecule has 1 aromatic carbocycles. The van der Waals surface area contributed by atoms with Crippen LogP contribution in [0, 0.1) is 10.1 Å². The van der Waals surface area contributed by atoms with Crippen LogP contribution in [0.5, 0.6) is 0 Å². The van der Waals surface area contributed by atoms with Crippen LogP contribution in [-0.4, -0.2) is 41.5 Å². The lowest BCUT2D eigenvalue weighted by Gasteiger charge is -2.10. The van der Waals surface area contributed by atoms with Gasteiger partial charge >= 0.3 is 5.97 Å². The Bertz CT molecular complexity index is 744. The zero-order valence-corrected chi connectivity index (χ0v) is 13.2. The first-order valence-electron chi connectivity index (χ1n) is 6.90. The molecule has 0 fully saturated rings. The molecule has 2 aromatic rings. The molecule has 0 spiro atoms. The number of hydrogen-bond acceptors (Lipinski definition) is 8. The zero-order chi connectivity index (χ0) is 17.5. The molecule has 0 aliphatic heterocycles. The summed E-state index contributed by atoms with van der Waals surface area (Å²) in [5.74, 6) is -1.21. The number of aliphatic hydroxyl groups is 1. The monoisotopic (exact) mass is 350 g/mol. The summed E-state index contributed by atoms with van der Waals surface area (Å²) in [5, 5.41) is 24.2. The molecule has 8 nitrogen and oxygen atoms in total. The Labute approximate surface area is 140 Å². The van der Waals surface area contributed by atoms with Crippen molar-refractivity contribution in [2.75, 3.05) is 25.1 Å². The van der Waals surface area contributed by atoms with Crippen LogP contribution in [0.4, 0.5) is 11.4 Å². The lowest BCUT2D eigenvalue weighted by molar-refractivity contribution is -0.384. The number of Topliss-reactive ketones (excluding diaryl/α,β-unsaturated/α-hetero) is 1. The number of aliphatic hydroxyl groups excluding tert-OH is 1. The molecule has 126 valence electrons. The van der Waals surface area contributed by atoms with Crippen LogP contribution in [0.15, 0.2) is 35.7 Å². The van der Waals surface area contributed by atoms with E-state index < -0.39 is 17.5 Å². The second-order valence-corrected chi connectivity index (χ2v) is 5.56. The van der Waals surface area contributed by atoms with Gasteiger partial charge in [-0.05, 0) is 17.5 Å². The summed E-state index contributed by atoms with van der Waals surface area (Å²) in [4.78, 5) is 34.7. The summed E-state index contributed by atoms with van der Waals surface area (Å²) in [6.45, 7) is -0.476. The van der Waals surface area contributed by atoms with Crippen molar-refractivity contribution in [3.05, 3.63) is 56.3 Å². The summed E-state index contributed by atoms with van der Waals surface area (Å²) in [5.41, 5.74) is -0.0686. The Morgan fingerprint density at radius 3 is 2.75 bits per heavy atom. The number of hydrogen-bond donors (Lipinski definition) is 2. The molecule has 0 bridgehead atoms. The van der Waals surface area contributed by atoms with Crippen molar-refractivity contribution in [3.8, 4) is 0 Å². The number of ketones is 1. The topological polar surface area (TPSA) is 119 Å². The van der Waals surface area contributed by atoms with E-state index in [4.69, 9.17) is 9.84 Å². The van der Waals surface area contributed by atoms with E-state index in [1.807, 2.05) is 0 Å². The number of nitro groups is 1. The summed E-state index contributed by atoms with van der Waals surface area (Å²) >= 11 is 1.23. The van der Waals surface area contributed by atoms with Crippen molar-refractivity contribution >= 4 is 34.5 Å². The zero-order valence-electron chi connectivity index (χ0n) is 12.4. The van der Waals surface area contributed by atoms with Gasteiger partial charge in [0, 0.05) is 24.4 Å². The van der Waals surface area contributed by atoms with Gasteiger partial charge in [-0.1, -0.05) is 6.07 Å². The fraction of sp³-hybridized carbons (Fsp3) is 0.200. The molecule has 24 heavy (non-hydrogen) atoms. The van der Waals surface area contributed by atoms with Crippen LogP contribution in [0.25, 0.3) is 0 Å². The van der Waals surface area contributed by atoms with Crippen molar-refractivity contribution in [2.45, 2.75) is 0 Å². The molecular weight excluding hydrogens is 336 g/mol. The fourth-order valence-corrected chi connectivity index (χ4v) is 2.53. The van der Waals surface area contributed by atoms with Crippen molar-refractivity contribution in [1.82, 2.24) is 0 Å². The molecule has 2 N–H and O–H groups in total. The van der Waals surface area contributed by atoms with E-state index in [1.54, 1.807) is 17.5 Å². The highest BCUT2D eigenvalue weighted by Crippen LogP contribution is 2.23. The van der Waals surface area contributed by atoms with E-state index in [1.165, 1.54) is 23.5 Å². The molecule has 9 heteroatoms. The second-order valence-electron chi connectivity index (χ2n) is 4.61. The van der Waals surface area contributed by atoms with Crippen molar-refractivity contribution in [1.29, 1.82) is 0 Å². The van der Waals surface area contributed by atoms with Crippen molar-refractivity contribution in [3.63, 3.8) is 0 Å². The maximum absolute atomic E-state index is 12.2. The van der Waals surface area contributed by atoms with Gasteiger partial charge in [-0.15, -0.1) is 11.3 Å². The predicted molar refractivity (Wildman–Crippen MR) is 87.6 cm³/mol. The van der Waals surface area contributed by atoms with Gasteiger partial charge in [0.15, 0.2) is 6.61 Å². The van der Waals surface area contributed by atoms with E-state index in [0.29, 0.717) is 4.88 Å². The maximum Gasteiger partial charge on any atom is 0.340 e. The van der Waals surface area contributed by atoms with Gasteiger partial charge in [-0.25, -0.2) is 4.79 Å². The largest absolute Gasteiger partial charge is 0.454 e. The second kappa shape index (κ2) is 8.18. The minimum atomic E-state index is -0.857. The van der Waals surface area contributed by atoms with Gasteiger partial charge in [-0.2, -0.15) is 0 Å². The van der Waals surface area contributed by atoms with Gasteiger partial charge in [0.05, 0.1) is 22.0 Å². The molecule has 1 heterocycles. The molecule has 0 amide bonds. The van der Waals surface area contributed by atoms with E-state index in [0.717, 1.165) is 6.07 Å². The first-order valence-corrected chi connectivity index (χ1v) is 7.78. The van der Waals surface area contributed by atoms with Gasteiger partial charge in [-0.3, -0.25) is 14.9 Å². The van der Waals surface area contributed by atoms with Gasteiger partial charge in [0.25, 0.3) is 5.69 Å². The van der Waals surface area contributed by atoms with Gasteiger partial charge in [0.2, 0.25) is 5.78 Å². The van der Waals surface area contributed by atoms with E-state index in [-0.39, 0.29) is 35.9 Å². The molecule has 0 aliphatic carbocycles. The highest BCUT2D eigenvalue weighted by atomic mass is 32.1. The average Bonchev–Trinajstić information content (AvgIpc) is 3.12. The van der Waals surface area contributed by atoms with Gasteiger partial charge < -0.3 is 15.2 Å². The van der Waals surface area contributed by atoms with E-state index in [2.05, 4.69) is 5.32 Å². The van der Waals surface area contributed by atoms with E-state index >= 15 is 0 Å². The number of benzene rings is 1. The number of esters is 1. The number of nitro benzene ring substituents is 1. The minimum Gasteiger partial charge on any atom is -0.454 e. The maximum atomic E-state index is 12.2. The number of carbonyl (C=O) groups excluding carboxylic acids is 2.